The van der Waals surface area contributed by atoms with Gasteiger partial charge in [-0.3, -0.25) is 0 Å². The van der Waals surface area contributed by atoms with E-state index in [1.165, 1.54) is 36.9 Å². The van der Waals surface area contributed by atoms with E-state index in [2.05, 4.69) is 40.0 Å². The van der Waals surface area contributed by atoms with Crippen LogP contribution in [0, 0.1) is 6.92 Å². The summed E-state index contributed by atoms with van der Waals surface area (Å²) in [5.41, 5.74) is 2.59. The van der Waals surface area contributed by atoms with Crippen molar-refractivity contribution in [3.05, 3.63) is 28.0 Å². The number of halogens is 1. The third-order valence-electron chi connectivity index (χ3n) is 2.73. The van der Waals surface area contributed by atoms with Gasteiger partial charge < -0.3 is 0 Å². The molecule has 2 rings (SSSR count). The molecule has 0 bridgehead atoms. The van der Waals surface area contributed by atoms with Crippen LogP contribution in [-0.2, 0) is 0 Å². The highest BCUT2D eigenvalue weighted by atomic mass is 79.9. The molecule has 1 nitrogen and oxygen atoms in total. The smallest absolute Gasteiger partial charge is 0.106 e. The Morgan fingerprint density at radius 3 is 2.62 bits per heavy atom. The first-order valence-corrected chi connectivity index (χ1v) is 5.69. The van der Waals surface area contributed by atoms with Crippen LogP contribution in [0.2, 0.25) is 0 Å². The highest BCUT2D eigenvalue weighted by Gasteiger charge is 2.18. The molecule has 0 amide bonds. The molecule has 1 aliphatic rings. The summed E-state index contributed by atoms with van der Waals surface area (Å²) in [5, 5.41) is 0. The van der Waals surface area contributed by atoms with Crippen LogP contribution in [0.25, 0.3) is 0 Å². The van der Waals surface area contributed by atoms with Gasteiger partial charge in [-0.15, -0.1) is 0 Å². The maximum Gasteiger partial charge on any atom is 0.106 e. The molecule has 1 aromatic rings. The van der Waals surface area contributed by atoms with Crippen LogP contribution in [0.5, 0.6) is 0 Å². The predicted octanol–water partition coefficient (Wildman–Crippen LogP) is 3.81. The Balaban J connectivity index is 2.28. The molecule has 0 radical (unpaired) electrons. The van der Waals surface area contributed by atoms with Crippen LogP contribution in [0.1, 0.15) is 42.9 Å². The zero-order chi connectivity index (χ0) is 9.26. The molecular formula is C11H14BrN. The molecule has 0 spiro atoms. The molecule has 0 unspecified atom stereocenters. The predicted molar refractivity (Wildman–Crippen MR) is 57.9 cm³/mol. The molecule has 1 heterocycles. The molecule has 1 aromatic heterocycles. The summed E-state index contributed by atoms with van der Waals surface area (Å²) in [4.78, 5) is 4.53. The second-order valence-electron chi connectivity index (χ2n) is 3.87. The molecule has 0 N–H and O–H groups in total. The van der Waals surface area contributed by atoms with Crippen LogP contribution in [-0.4, -0.2) is 4.98 Å². The van der Waals surface area contributed by atoms with E-state index in [1.54, 1.807) is 0 Å². The summed E-state index contributed by atoms with van der Waals surface area (Å²) in [7, 11) is 0. The van der Waals surface area contributed by atoms with E-state index in [0.717, 1.165) is 10.5 Å². The molecule has 1 saturated carbocycles. The van der Waals surface area contributed by atoms with Gasteiger partial charge in [0.2, 0.25) is 0 Å². The van der Waals surface area contributed by atoms with Gasteiger partial charge in [-0.2, -0.15) is 0 Å². The van der Waals surface area contributed by atoms with E-state index in [1.807, 2.05) is 0 Å². The second kappa shape index (κ2) is 3.79. The Hall–Kier alpha value is -0.370. The normalized spacial score (nSPS) is 18.0. The lowest BCUT2D eigenvalue weighted by atomic mass is 10.0. The van der Waals surface area contributed by atoms with Crippen molar-refractivity contribution in [2.75, 3.05) is 0 Å². The topological polar surface area (TPSA) is 12.9 Å². The highest BCUT2D eigenvalue weighted by molar-refractivity contribution is 9.10. The first kappa shape index (κ1) is 9.20. The van der Waals surface area contributed by atoms with E-state index in [4.69, 9.17) is 0 Å². The third kappa shape index (κ3) is 2.11. The second-order valence-corrected chi connectivity index (χ2v) is 4.69. The molecule has 70 valence electrons. The first-order chi connectivity index (χ1) is 6.25. The lowest BCUT2D eigenvalue weighted by Crippen LogP contribution is -1.97. The maximum absolute atomic E-state index is 4.53. The van der Waals surface area contributed by atoms with Crippen molar-refractivity contribution in [3.63, 3.8) is 0 Å². The van der Waals surface area contributed by atoms with E-state index in [-0.39, 0.29) is 0 Å². The third-order valence-corrected chi connectivity index (χ3v) is 3.14. The van der Waals surface area contributed by atoms with Gasteiger partial charge in [0.15, 0.2) is 0 Å². The van der Waals surface area contributed by atoms with Gasteiger partial charge in [-0.05, 0) is 53.4 Å². The molecule has 2 heteroatoms. The molecule has 0 aliphatic heterocycles. The molecule has 0 atom stereocenters. The van der Waals surface area contributed by atoms with Gasteiger partial charge in [0.25, 0.3) is 0 Å². The number of aromatic nitrogens is 1. The average molecular weight is 240 g/mol. The summed E-state index contributed by atoms with van der Waals surface area (Å²) in [6.45, 7) is 2.13. The van der Waals surface area contributed by atoms with Gasteiger partial charge >= 0.3 is 0 Å². The monoisotopic (exact) mass is 239 g/mol. The van der Waals surface area contributed by atoms with E-state index in [0.29, 0.717) is 0 Å². The Labute approximate surface area is 87.7 Å². The lowest BCUT2D eigenvalue weighted by molar-refractivity contribution is 0.694. The summed E-state index contributed by atoms with van der Waals surface area (Å²) in [5.74, 6) is 0.719. The fourth-order valence-corrected chi connectivity index (χ4v) is 2.65. The van der Waals surface area contributed by atoms with Crippen molar-refractivity contribution >= 4 is 15.9 Å². The molecular weight excluding hydrogens is 226 g/mol. The molecule has 13 heavy (non-hydrogen) atoms. The van der Waals surface area contributed by atoms with Crippen LogP contribution >= 0.6 is 15.9 Å². The Morgan fingerprint density at radius 2 is 2.00 bits per heavy atom. The number of aryl methyl sites for hydroxylation is 1. The number of hydrogen-bond donors (Lipinski definition) is 0. The van der Waals surface area contributed by atoms with Gasteiger partial charge in [0.05, 0.1) is 0 Å². The number of nitrogens with zero attached hydrogens (tertiary/aromatic N) is 1. The van der Waals surface area contributed by atoms with Crippen molar-refractivity contribution in [1.29, 1.82) is 0 Å². The van der Waals surface area contributed by atoms with Gasteiger partial charge in [0.1, 0.15) is 4.60 Å². The largest absolute Gasteiger partial charge is 0.246 e. The van der Waals surface area contributed by atoms with Crippen molar-refractivity contribution in [1.82, 2.24) is 4.98 Å². The van der Waals surface area contributed by atoms with E-state index in [9.17, 15) is 0 Å². The SMILES string of the molecule is Cc1cc(Br)nc(C2CCCC2)c1. The van der Waals surface area contributed by atoms with Crippen LogP contribution in [0.15, 0.2) is 16.7 Å². The number of rotatable bonds is 1. The molecule has 1 aliphatic carbocycles. The molecule has 0 aromatic carbocycles. The van der Waals surface area contributed by atoms with Crippen LogP contribution in [0.3, 0.4) is 0 Å². The molecule has 0 saturated heterocycles. The Bertz CT molecular complexity index is 283. The fraction of sp³-hybridized carbons (Fsp3) is 0.545. The van der Waals surface area contributed by atoms with Crippen LogP contribution < -0.4 is 0 Å². The van der Waals surface area contributed by atoms with Crippen molar-refractivity contribution < 1.29 is 0 Å². The maximum atomic E-state index is 4.53. The summed E-state index contributed by atoms with van der Waals surface area (Å²) < 4.78 is 0.981. The van der Waals surface area contributed by atoms with Gasteiger partial charge in [0, 0.05) is 11.6 Å². The zero-order valence-corrected chi connectivity index (χ0v) is 9.47. The first-order valence-electron chi connectivity index (χ1n) is 4.90. The number of pyridine rings is 1. The minimum Gasteiger partial charge on any atom is -0.246 e. The van der Waals surface area contributed by atoms with Gasteiger partial charge in [-0.25, -0.2) is 4.98 Å². The zero-order valence-electron chi connectivity index (χ0n) is 7.89. The number of hydrogen-bond acceptors (Lipinski definition) is 1. The van der Waals surface area contributed by atoms with Crippen LogP contribution in [0.4, 0.5) is 0 Å². The summed E-state index contributed by atoms with van der Waals surface area (Å²) in [6, 6.07) is 4.29. The minimum absolute atomic E-state index is 0.719. The Kier molecular flexibility index (Phi) is 2.68. The summed E-state index contributed by atoms with van der Waals surface area (Å²) >= 11 is 3.45. The Morgan fingerprint density at radius 1 is 1.31 bits per heavy atom. The molecule has 1 fully saturated rings. The van der Waals surface area contributed by atoms with E-state index >= 15 is 0 Å². The fourth-order valence-electron chi connectivity index (χ4n) is 2.08. The van der Waals surface area contributed by atoms with Crippen molar-refractivity contribution in [2.24, 2.45) is 0 Å². The average Bonchev–Trinajstić information content (AvgIpc) is 2.53. The standard InChI is InChI=1S/C11H14BrN/c1-8-6-10(13-11(12)7-8)9-4-2-3-5-9/h6-7,9H,2-5H2,1H3. The quantitative estimate of drug-likeness (QED) is 0.680. The summed E-state index contributed by atoms with van der Waals surface area (Å²) in [6.07, 6.45) is 5.39. The lowest BCUT2D eigenvalue weighted by Gasteiger charge is -2.09. The minimum atomic E-state index is 0.719. The van der Waals surface area contributed by atoms with Crippen molar-refractivity contribution in [2.45, 2.75) is 38.5 Å². The highest BCUT2D eigenvalue weighted by Crippen LogP contribution is 2.33. The van der Waals surface area contributed by atoms with Crippen molar-refractivity contribution in [3.8, 4) is 0 Å². The van der Waals surface area contributed by atoms with Gasteiger partial charge in [-0.1, -0.05) is 12.8 Å². The van der Waals surface area contributed by atoms with E-state index < -0.39 is 0 Å².